The summed E-state index contributed by atoms with van der Waals surface area (Å²) in [6.45, 7) is 2.30. The fraction of sp³-hybridized carbons (Fsp3) is 0.333. The molecular weight excluding hydrogens is 399 g/mol. The van der Waals surface area contributed by atoms with Crippen LogP contribution < -0.4 is 9.47 Å². The first-order valence-electron chi connectivity index (χ1n) is 9.30. The molecule has 0 radical (unpaired) electrons. The number of pyridine rings is 1. The number of ether oxygens (including phenoxy) is 3. The van der Waals surface area contributed by atoms with Crippen molar-refractivity contribution >= 4 is 0 Å². The minimum absolute atomic E-state index is 0.0379. The van der Waals surface area contributed by atoms with Gasteiger partial charge in [-0.2, -0.15) is 18.3 Å². The van der Waals surface area contributed by atoms with Gasteiger partial charge in [0.1, 0.15) is 5.75 Å². The maximum atomic E-state index is 13.3. The number of alkyl halides is 3. The van der Waals surface area contributed by atoms with Gasteiger partial charge in [-0.05, 0) is 25.1 Å². The first kappa shape index (κ1) is 20.2. The van der Waals surface area contributed by atoms with Crippen molar-refractivity contribution in [3.63, 3.8) is 0 Å². The van der Waals surface area contributed by atoms with E-state index in [-0.39, 0.29) is 11.9 Å². The molecule has 0 amide bonds. The maximum Gasteiger partial charge on any atom is 0.419 e. The van der Waals surface area contributed by atoms with Gasteiger partial charge in [-0.3, -0.25) is 0 Å². The van der Waals surface area contributed by atoms with Crippen molar-refractivity contribution in [3.8, 4) is 28.6 Å². The summed E-state index contributed by atoms with van der Waals surface area (Å²) in [5, 5.41) is 4.73. The number of halogens is 3. The predicted molar refractivity (Wildman–Crippen MR) is 103 cm³/mol. The van der Waals surface area contributed by atoms with Gasteiger partial charge in [0.25, 0.3) is 0 Å². The standard InChI is InChI=1S/C21H20F3N3O3/c1-12-8-17-15(11-30-12)20(13-6-7-25-19(9-13)29-3)26-27(17)14-4-5-16(21(22,23)24)18(10-14)28-2/h4-7,9-10,12H,8,11H2,1-3H3/t12-/m0/s1. The molecule has 0 bridgehead atoms. The van der Waals surface area contributed by atoms with Crippen LogP contribution in [-0.4, -0.2) is 35.1 Å². The highest BCUT2D eigenvalue weighted by Crippen LogP contribution is 2.39. The molecular formula is C21H20F3N3O3. The number of aromatic nitrogens is 3. The third-order valence-corrected chi connectivity index (χ3v) is 5.04. The van der Waals surface area contributed by atoms with E-state index in [4.69, 9.17) is 19.3 Å². The van der Waals surface area contributed by atoms with Crippen LogP contribution in [0.2, 0.25) is 0 Å². The van der Waals surface area contributed by atoms with E-state index in [0.717, 1.165) is 22.9 Å². The molecule has 0 N–H and O–H groups in total. The summed E-state index contributed by atoms with van der Waals surface area (Å²) in [6, 6.07) is 7.34. The summed E-state index contributed by atoms with van der Waals surface area (Å²) in [7, 11) is 2.75. The van der Waals surface area contributed by atoms with Crippen LogP contribution in [0.15, 0.2) is 36.5 Å². The molecule has 9 heteroatoms. The van der Waals surface area contributed by atoms with E-state index in [2.05, 4.69) is 4.98 Å². The van der Waals surface area contributed by atoms with Crippen molar-refractivity contribution in [3.05, 3.63) is 53.3 Å². The lowest BCUT2D eigenvalue weighted by Crippen LogP contribution is -2.21. The lowest BCUT2D eigenvalue weighted by Gasteiger charge is -2.21. The van der Waals surface area contributed by atoms with Crippen molar-refractivity contribution in [2.24, 2.45) is 0 Å². The molecule has 0 saturated heterocycles. The normalized spacial score (nSPS) is 16.3. The van der Waals surface area contributed by atoms with Gasteiger partial charge >= 0.3 is 6.18 Å². The van der Waals surface area contributed by atoms with Gasteiger partial charge in [-0.25, -0.2) is 9.67 Å². The van der Waals surface area contributed by atoms with E-state index in [9.17, 15) is 13.2 Å². The third kappa shape index (κ3) is 3.60. The van der Waals surface area contributed by atoms with Crippen LogP contribution in [-0.2, 0) is 23.9 Å². The lowest BCUT2D eigenvalue weighted by atomic mass is 10.0. The van der Waals surface area contributed by atoms with Crippen LogP contribution in [0.4, 0.5) is 13.2 Å². The number of methoxy groups -OCH3 is 2. The number of hydrogen-bond donors (Lipinski definition) is 0. The molecule has 0 aliphatic carbocycles. The first-order chi connectivity index (χ1) is 14.3. The summed E-state index contributed by atoms with van der Waals surface area (Å²) in [6.07, 6.45) is -2.35. The Morgan fingerprint density at radius 3 is 2.63 bits per heavy atom. The predicted octanol–water partition coefficient (Wildman–Crippen LogP) is 4.43. The molecule has 0 saturated carbocycles. The van der Waals surface area contributed by atoms with E-state index in [1.54, 1.807) is 23.0 Å². The molecule has 1 aliphatic heterocycles. The Balaban J connectivity index is 1.88. The van der Waals surface area contributed by atoms with Gasteiger partial charge in [-0.15, -0.1) is 0 Å². The van der Waals surface area contributed by atoms with Crippen molar-refractivity contribution < 1.29 is 27.4 Å². The van der Waals surface area contributed by atoms with Crippen LogP contribution in [0.1, 0.15) is 23.7 Å². The highest BCUT2D eigenvalue weighted by atomic mass is 19.4. The monoisotopic (exact) mass is 419 g/mol. The van der Waals surface area contributed by atoms with Crippen LogP contribution in [0.5, 0.6) is 11.6 Å². The molecule has 4 rings (SSSR count). The largest absolute Gasteiger partial charge is 0.496 e. The fourth-order valence-corrected chi connectivity index (χ4v) is 3.56. The fourth-order valence-electron chi connectivity index (χ4n) is 3.56. The Hall–Kier alpha value is -3.07. The second-order valence-electron chi connectivity index (χ2n) is 6.98. The molecule has 0 unspecified atom stereocenters. The average molecular weight is 419 g/mol. The number of nitrogens with zero attached hydrogens (tertiary/aromatic N) is 3. The Morgan fingerprint density at radius 2 is 1.93 bits per heavy atom. The molecule has 158 valence electrons. The Bertz CT molecular complexity index is 1080. The van der Waals surface area contributed by atoms with E-state index < -0.39 is 11.7 Å². The molecule has 6 nitrogen and oxygen atoms in total. The van der Waals surface area contributed by atoms with Crippen LogP contribution in [0.3, 0.4) is 0 Å². The van der Waals surface area contributed by atoms with Crippen molar-refractivity contribution in [1.82, 2.24) is 14.8 Å². The molecule has 3 heterocycles. The van der Waals surface area contributed by atoms with Crippen molar-refractivity contribution in [2.75, 3.05) is 14.2 Å². The molecule has 1 aromatic carbocycles. The topological polar surface area (TPSA) is 58.4 Å². The van der Waals surface area contributed by atoms with Gasteiger partial charge in [-0.1, -0.05) is 0 Å². The zero-order chi connectivity index (χ0) is 21.5. The quantitative estimate of drug-likeness (QED) is 0.626. The summed E-state index contributed by atoms with van der Waals surface area (Å²) in [5.74, 6) is 0.189. The third-order valence-electron chi connectivity index (χ3n) is 5.04. The van der Waals surface area contributed by atoms with Gasteiger partial charge in [0.05, 0.1) is 49.6 Å². The second-order valence-corrected chi connectivity index (χ2v) is 6.98. The average Bonchev–Trinajstić information content (AvgIpc) is 3.11. The van der Waals surface area contributed by atoms with E-state index in [1.165, 1.54) is 26.4 Å². The lowest BCUT2D eigenvalue weighted by molar-refractivity contribution is -0.138. The van der Waals surface area contributed by atoms with Gasteiger partial charge in [0, 0.05) is 35.9 Å². The van der Waals surface area contributed by atoms with Crippen LogP contribution in [0.25, 0.3) is 16.9 Å². The summed E-state index contributed by atoms with van der Waals surface area (Å²) >= 11 is 0. The molecule has 2 aromatic heterocycles. The second kappa shape index (κ2) is 7.64. The van der Waals surface area contributed by atoms with Crippen LogP contribution in [0, 0.1) is 0 Å². The summed E-state index contributed by atoms with van der Waals surface area (Å²) in [4.78, 5) is 4.12. The molecule has 3 aromatic rings. The Labute approximate surface area is 171 Å². The Morgan fingerprint density at radius 1 is 1.13 bits per heavy atom. The highest BCUT2D eigenvalue weighted by Gasteiger charge is 2.35. The Kier molecular flexibility index (Phi) is 5.15. The zero-order valence-corrected chi connectivity index (χ0v) is 16.7. The van der Waals surface area contributed by atoms with Crippen molar-refractivity contribution in [1.29, 1.82) is 0 Å². The van der Waals surface area contributed by atoms with Gasteiger partial charge in [0.15, 0.2) is 0 Å². The molecule has 0 fully saturated rings. The highest BCUT2D eigenvalue weighted by molar-refractivity contribution is 5.66. The summed E-state index contributed by atoms with van der Waals surface area (Å²) < 4.78 is 57.5. The number of hydrogen-bond acceptors (Lipinski definition) is 5. The smallest absolute Gasteiger partial charge is 0.419 e. The minimum atomic E-state index is -4.51. The number of benzene rings is 1. The van der Waals surface area contributed by atoms with Gasteiger partial charge < -0.3 is 14.2 Å². The van der Waals surface area contributed by atoms with Gasteiger partial charge in [0.2, 0.25) is 5.88 Å². The first-order valence-corrected chi connectivity index (χ1v) is 9.30. The van der Waals surface area contributed by atoms with E-state index in [1.807, 2.05) is 6.92 Å². The SMILES string of the molecule is COc1cc(-c2nn(-c3ccc(C(F)(F)F)c(OC)c3)c3c2CO[C@@H](C)C3)ccn1. The number of fused-ring (bicyclic) bond motifs is 1. The van der Waals surface area contributed by atoms with E-state index >= 15 is 0 Å². The molecule has 0 spiro atoms. The molecule has 1 aliphatic rings. The summed E-state index contributed by atoms with van der Waals surface area (Å²) in [5.41, 5.74) is 2.90. The molecule has 30 heavy (non-hydrogen) atoms. The van der Waals surface area contributed by atoms with Crippen molar-refractivity contribution in [2.45, 2.75) is 32.2 Å². The van der Waals surface area contributed by atoms with Crippen LogP contribution >= 0.6 is 0 Å². The number of rotatable bonds is 4. The minimum Gasteiger partial charge on any atom is -0.496 e. The zero-order valence-electron chi connectivity index (χ0n) is 16.7. The maximum absolute atomic E-state index is 13.3. The molecule has 1 atom stereocenters. The van der Waals surface area contributed by atoms with E-state index in [0.29, 0.717) is 30.3 Å².